The number of hydrogen-bond donors (Lipinski definition) is 9. The number of aliphatic hydroxyl groups is 4. The van der Waals surface area contributed by atoms with E-state index in [0.29, 0.717) is 6.07 Å². The number of aromatic hydroxyl groups is 3. The van der Waals surface area contributed by atoms with Crippen LogP contribution >= 0.6 is 0 Å². The number of aliphatic carboxylic acids is 2. The number of phenolic OH excluding ortho intramolecular Hbond substituents is 3. The van der Waals surface area contributed by atoms with Gasteiger partial charge >= 0.3 is 23.9 Å². The Kier molecular flexibility index (Phi) is 7.56. The standard InChI is InChI=1S/C20H22O16/c21-3-7-15(13(27)14(28)20(33)34-7)35-19(32)5(2-8(23)24)10-9-4(1-6(22)11(25)12(9)26)18(31)36-16(10)17(29)30/h1,5,7,10,13-16,20-22,25-28,33H,2-3H2,(H,23,24)(H,29,30)/t5-,7+,10-,13+,14+,15+,16-,20+/m0/s1. The first-order valence-electron chi connectivity index (χ1n) is 10.2. The van der Waals surface area contributed by atoms with E-state index >= 15 is 0 Å². The van der Waals surface area contributed by atoms with Gasteiger partial charge in [-0.15, -0.1) is 0 Å². The number of carbonyl (C=O) groups is 4. The van der Waals surface area contributed by atoms with Crippen molar-refractivity contribution in [3.63, 3.8) is 0 Å². The van der Waals surface area contributed by atoms with Crippen LogP contribution in [0.15, 0.2) is 6.07 Å². The molecule has 0 bridgehead atoms. The summed E-state index contributed by atoms with van der Waals surface area (Å²) in [6.45, 7) is -0.946. The lowest BCUT2D eigenvalue weighted by Gasteiger charge is -2.41. The molecule has 16 heteroatoms. The normalized spacial score (nSPS) is 30.6. The summed E-state index contributed by atoms with van der Waals surface area (Å²) in [5.41, 5.74) is -1.41. The summed E-state index contributed by atoms with van der Waals surface area (Å²) in [6, 6.07) is 0.610. The fourth-order valence-corrected chi connectivity index (χ4v) is 4.16. The number of hydrogen-bond acceptors (Lipinski definition) is 14. The molecule has 2 aliphatic heterocycles. The van der Waals surface area contributed by atoms with Crippen molar-refractivity contribution in [3.05, 3.63) is 17.2 Å². The zero-order valence-corrected chi connectivity index (χ0v) is 18.0. The van der Waals surface area contributed by atoms with Crippen LogP contribution in [0.25, 0.3) is 0 Å². The number of esters is 2. The van der Waals surface area contributed by atoms with Gasteiger partial charge in [-0.05, 0) is 6.07 Å². The summed E-state index contributed by atoms with van der Waals surface area (Å²) in [7, 11) is 0. The molecule has 1 aromatic carbocycles. The molecule has 2 aliphatic rings. The Balaban J connectivity index is 2.11. The van der Waals surface area contributed by atoms with Crippen molar-refractivity contribution in [1.82, 2.24) is 0 Å². The van der Waals surface area contributed by atoms with Gasteiger partial charge in [0, 0.05) is 5.56 Å². The van der Waals surface area contributed by atoms with E-state index in [1.807, 2.05) is 0 Å². The van der Waals surface area contributed by atoms with E-state index in [4.69, 9.17) is 14.2 Å². The van der Waals surface area contributed by atoms with E-state index in [9.17, 15) is 65.1 Å². The Morgan fingerprint density at radius 3 is 2.22 bits per heavy atom. The number of phenols is 3. The van der Waals surface area contributed by atoms with E-state index in [1.165, 1.54) is 0 Å². The molecular weight excluding hydrogens is 496 g/mol. The fourth-order valence-electron chi connectivity index (χ4n) is 4.16. The van der Waals surface area contributed by atoms with Gasteiger partial charge in [0.2, 0.25) is 11.9 Å². The molecule has 0 aliphatic carbocycles. The van der Waals surface area contributed by atoms with Crippen LogP contribution in [0.5, 0.6) is 17.2 Å². The molecule has 16 nitrogen and oxygen atoms in total. The van der Waals surface area contributed by atoms with Gasteiger partial charge in [0.25, 0.3) is 0 Å². The summed E-state index contributed by atoms with van der Waals surface area (Å²) < 4.78 is 14.7. The number of aliphatic hydroxyl groups excluding tert-OH is 4. The topological polar surface area (TPSA) is 278 Å². The molecule has 9 N–H and O–H groups in total. The van der Waals surface area contributed by atoms with Crippen LogP contribution < -0.4 is 0 Å². The third-order valence-corrected chi connectivity index (χ3v) is 5.87. The Labute approximate surface area is 200 Å². The third-order valence-electron chi connectivity index (χ3n) is 5.87. The van der Waals surface area contributed by atoms with E-state index in [-0.39, 0.29) is 0 Å². The lowest BCUT2D eigenvalue weighted by atomic mass is 9.76. The van der Waals surface area contributed by atoms with Gasteiger partial charge in [-0.3, -0.25) is 9.59 Å². The predicted molar refractivity (Wildman–Crippen MR) is 107 cm³/mol. The van der Waals surface area contributed by atoms with Gasteiger partial charge in [-0.1, -0.05) is 0 Å². The second-order valence-corrected chi connectivity index (χ2v) is 8.08. The van der Waals surface area contributed by atoms with Gasteiger partial charge in [0.1, 0.15) is 18.3 Å². The lowest BCUT2D eigenvalue weighted by Crippen LogP contribution is -2.60. The number of carboxylic acid groups (broad SMARTS) is 2. The Morgan fingerprint density at radius 1 is 1.03 bits per heavy atom. The number of carboxylic acids is 2. The van der Waals surface area contributed by atoms with Crippen molar-refractivity contribution in [2.45, 2.75) is 49.1 Å². The van der Waals surface area contributed by atoms with Crippen LogP contribution in [0, 0.1) is 5.92 Å². The summed E-state index contributed by atoms with van der Waals surface area (Å²) in [6.07, 6.45) is -13.0. The lowest BCUT2D eigenvalue weighted by molar-refractivity contribution is -0.290. The molecule has 0 saturated carbocycles. The van der Waals surface area contributed by atoms with Gasteiger partial charge in [0.15, 0.2) is 23.9 Å². The second-order valence-electron chi connectivity index (χ2n) is 8.08. The summed E-state index contributed by atoms with van der Waals surface area (Å²) in [5, 5.41) is 88.2. The van der Waals surface area contributed by atoms with E-state index in [0.717, 1.165) is 0 Å². The summed E-state index contributed by atoms with van der Waals surface area (Å²) in [5.74, 6) is -14.0. The highest BCUT2D eigenvalue weighted by molar-refractivity contribution is 5.98. The maximum absolute atomic E-state index is 13.2. The average molecular weight is 518 g/mol. The van der Waals surface area contributed by atoms with E-state index in [1.54, 1.807) is 0 Å². The van der Waals surface area contributed by atoms with Crippen LogP contribution in [0.4, 0.5) is 0 Å². The van der Waals surface area contributed by atoms with Crippen molar-refractivity contribution >= 4 is 23.9 Å². The van der Waals surface area contributed by atoms with Crippen LogP contribution in [0.1, 0.15) is 28.3 Å². The smallest absolute Gasteiger partial charge is 0.345 e. The van der Waals surface area contributed by atoms with Crippen molar-refractivity contribution < 1.29 is 79.3 Å². The SMILES string of the molecule is O=C(O)C[C@H](C(=O)O[C@H]1[C@H](O)[C@@H](O)[C@H](O)O[C@@H]1CO)[C@H]1c2c(cc(O)c(O)c2O)C(=O)O[C@@H]1C(=O)O. The Hall–Kier alpha value is -3.70. The first-order valence-corrected chi connectivity index (χ1v) is 10.2. The second kappa shape index (κ2) is 10.1. The van der Waals surface area contributed by atoms with Gasteiger partial charge in [-0.2, -0.15) is 0 Å². The van der Waals surface area contributed by atoms with Gasteiger partial charge in [0.05, 0.1) is 30.4 Å². The summed E-state index contributed by atoms with van der Waals surface area (Å²) >= 11 is 0. The molecule has 0 unspecified atom stereocenters. The van der Waals surface area contributed by atoms with Crippen LogP contribution in [0.2, 0.25) is 0 Å². The van der Waals surface area contributed by atoms with E-state index in [2.05, 4.69) is 0 Å². The third kappa shape index (κ3) is 4.71. The molecule has 0 amide bonds. The zero-order chi connectivity index (χ0) is 27.1. The highest BCUT2D eigenvalue weighted by Crippen LogP contribution is 2.49. The maximum Gasteiger partial charge on any atom is 0.345 e. The molecular formula is C20H22O16. The largest absolute Gasteiger partial charge is 0.504 e. The van der Waals surface area contributed by atoms with Crippen molar-refractivity contribution in [1.29, 1.82) is 0 Å². The molecule has 1 fully saturated rings. The first-order chi connectivity index (χ1) is 16.8. The minimum absolute atomic E-state index is 0.610. The molecule has 3 rings (SSSR count). The number of benzene rings is 1. The van der Waals surface area contributed by atoms with E-state index < -0.39 is 114 Å². The van der Waals surface area contributed by atoms with Crippen molar-refractivity contribution in [2.24, 2.45) is 5.92 Å². The predicted octanol–water partition coefficient (Wildman–Crippen LogP) is -3.06. The molecule has 0 radical (unpaired) electrons. The molecule has 0 aromatic heterocycles. The molecule has 198 valence electrons. The molecule has 8 atom stereocenters. The highest BCUT2D eigenvalue weighted by atomic mass is 16.7. The number of rotatable bonds is 7. The fraction of sp³-hybridized carbons (Fsp3) is 0.500. The molecule has 1 saturated heterocycles. The number of cyclic esters (lactones) is 1. The molecule has 2 heterocycles. The van der Waals surface area contributed by atoms with Crippen LogP contribution in [0.3, 0.4) is 0 Å². The van der Waals surface area contributed by atoms with Gasteiger partial charge in [-0.25, -0.2) is 9.59 Å². The number of fused-ring (bicyclic) bond motifs is 1. The number of carbonyl (C=O) groups excluding carboxylic acids is 2. The minimum atomic E-state index is -2.29. The molecule has 36 heavy (non-hydrogen) atoms. The Morgan fingerprint density at radius 2 is 1.67 bits per heavy atom. The number of ether oxygens (including phenoxy) is 3. The van der Waals surface area contributed by atoms with Crippen LogP contribution in [-0.4, -0.2) is 113 Å². The highest BCUT2D eigenvalue weighted by Gasteiger charge is 2.52. The maximum atomic E-state index is 13.2. The minimum Gasteiger partial charge on any atom is -0.504 e. The average Bonchev–Trinajstić information content (AvgIpc) is 2.81. The zero-order valence-electron chi connectivity index (χ0n) is 18.0. The monoisotopic (exact) mass is 518 g/mol. The summed E-state index contributed by atoms with van der Waals surface area (Å²) in [4.78, 5) is 49.0. The van der Waals surface area contributed by atoms with Crippen LogP contribution in [-0.2, 0) is 28.6 Å². The van der Waals surface area contributed by atoms with Crippen molar-refractivity contribution in [3.8, 4) is 17.2 Å². The molecule has 1 aromatic rings. The first kappa shape index (κ1) is 26.9. The quantitative estimate of drug-likeness (QED) is 0.128. The molecule has 0 spiro atoms. The van der Waals surface area contributed by atoms with Gasteiger partial charge < -0.3 is 60.2 Å². The van der Waals surface area contributed by atoms with Crippen molar-refractivity contribution in [2.75, 3.05) is 6.61 Å². The Bertz CT molecular complexity index is 1070.